The molecule has 2 aromatic carbocycles. The van der Waals surface area contributed by atoms with Gasteiger partial charge in [0.05, 0.1) is 18.6 Å². The van der Waals surface area contributed by atoms with Crippen molar-refractivity contribution in [3.8, 4) is 5.75 Å². The smallest absolute Gasteiger partial charge is 0.309 e. The molecule has 2 N–H and O–H groups in total. The third-order valence-corrected chi connectivity index (χ3v) is 16.3. The number of methoxy groups -OCH3 is 1. The molecule has 278 valence electrons. The number of carbonyl (C=O) groups excluding carboxylic acids is 2. The maximum absolute atomic E-state index is 15.0. The fourth-order valence-electron chi connectivity index (χ4n) is 13.0. The van der Waals surface area contributed by atoms with E-state index in [4.69, 9.17) is 4.74 Å². The highest BCUT2D eigenvalue weighted by Gasteiger charge is 2.71. The van der Waals surface area contributed by atoms with Gasteiger partial charge in [-0.3, -0.25) is 14.4 Å². The quantitative estimate of drug-likeness (QED) is 0.229. The molecule has 0 aromatic heterocycles. The van der Waals surface area contributed by atoms with Crippen LogP contribution in [0, 0.1) is 50.2 Å². The van der Waals surface area contributed by atoms with Gasteiger partial charge in [-0.1, -0.05) is 89.6 Å². The number of ketones is 2. The van der Waals surface area contributed by atoms with Gasteiger partial charge in [-0.15, -0.1) is 0 Å². The van der Waals surface area contributed by atoms with Crippen molar-refractivity contribution in [2.75, 3.05) is 7.11 Å². The predicted octanol–water partition coefficient (Wildman–Crippen LogP) is 9.71. The van der Waals surface area contributed by atoms with Crippen molar-refractivity contribution < 1.29 is 29.3 Å². The van der Waals surface area contributed by atoms with Crippen LogP contribution in [-0.2, 0) is 9.59 Å². The minimum Gasteiger partial charge on any atom is -0.496 e. The third kappa shape index (κ3) is 5.09. The zero-order valence-corrected chi connectivity index (χ0v) is 32.4. The van der Waals surface area contributed by atoms with Crippen molar-refractivity contribution in [3.05, 3.63) is 82.9 Å². The van der Waals surface area contributed by atoms with Crippen LogP contribution in [0.1, 0.15) is 127 Å². The SMILES string of the molecule is COc1ccc(/C=C/C(=O)c2ccccc2)cc1C1[C@H]2C3=CC(=O)C4[C@@]5(C)CC[C@H](O)C(C)(C)[C@@H]5CC[C@@]4(C)[C@]3(C)CC[C@@]2(C)CC[C@]1(C)C(=O)O. The van der Waals surface area contributed by atoms with Gasteiger partial charge >= 0.3 is 5.97 Å². The van der Waals surface area contributed by atoms with Crippen molar-refractivity contribution >= 4 is 23.6 Å². The largest absolute Gasteiger partial charge is 0.496 e. The van der Waals surface area contributed by atoms with Crippen molar-refractivity contribution in [2.45, 2.75) is 112 Å². The van der Waals surface area contributed by atoms with Gasteiger partial charge in [0.2, 0.25) is 0 Å². The third-order valence-electron chi connectivity index (χ3n) is 16.3. The first kappa shape index (κ1) is 36.8. The normalized spacial score (nSPS) is 40.8. The Labute approximate surface area is 310 Å². The average molecular weight is 707 g/mol. The number of ether oxygens (including phenoxy) is 1. The second-order valence-electron chi connectivity index (χ2n) is 19.1. The monoisotopic (exact) mass is 706 g/mol. The average Bonchev–Trinajstić information content (AvgIpc) is 3.10. The molecule has 10 atom stereocenters. The lowest BCUT2D eigenvalue weighted by atomic mass is 9.32. The van der Waals surface area contributed by atoms with Crippen LogP contribution in [0.3, 0.4) is 0 Å². The molecule has 4 saturated carbocycles. The molecular weight excluding hydrogens is 649 g/mol. The molecule has 0 radical (unpaired) electrons. The minimum atomic E-state index is -1.12. The number of carboxylic acid groups (broad SMARTS) is 1. The van der Waals surface area contributed by atoms with E-state index in [0.29, 0.717) is 24.2 Å². The van der Waals surface area contributed by atoms with E-state index in [1.807, 2.05) is 49.4 Å². The van der Waals surface area contributed by atoms with Crippen molar-refractivity contribution in [1.29, 1.82) is 0 Å². The standard InChI is InChI=1S/C46H58O6/c1-41(2)35-18-21-46(7)39(43(35,4)20-19-36(41)49)33(48)27-31-38-37(44(5,40(50)51)24-22-42(38,3)23-25-45(31,46)6)30-26-28(15-17-34(30)52-8)14-16-32(47)29-12-10-9-11-13-29/h9-17,26-27,35-39,49H,18-25H2,1-8H3,(H,50,51)/b16-14+/t35-,36-,37?,38+,39?,42+,43-,44-,45+,46+/m0/s1. The summed E-state index contributed by atoms with van der Waals surface area (Å²) in [4.78, 5) is 41.6. The number of aliphatic hydroxyl groups excluding tert-OH is 1. The first-order valence-corrected chi connectivity index (χ1v) is 19.5. The van der Waals surface area contributed by atoms with Gasteiger partial charge in [-0.2, -0.15) is 0 Å². The summed E-state index contributed by atoms with van der Waals surface area (Å²) in [5, 5.41) is 22.3. The number of rotatable bonds is 6. The Hall–Kier alpha value is -3.51. The maximum atomic E-state index is 15.0. The van der Waals surface area contributed by atoms with Gasteiger partial charge in [-0.05, 0) is 133 Å². The molecule has 0 aliphatic heterocycles. The maximum Gasteiger partial charge on any atom is 0.309 e. The molecule has 2 unspecified atom stereocenters. The summed E-state index contributed by atoms with van der Waals surface area (Å²) < 4.78 is 6.03. The van der Waals surface area contributed by atoms with Crippen LogP contribution in [0.25, 0.3) is 6.08 Å². The number of aliphatic carboxylic acids is 1. The molecule has 4 fully saturated rings. The Morgan fingerprint density at radius 2 is 1.54 bits per heavy atom. The summed E-state index contributed by atoms with van der Waals surface area (Å²) in [5.41, 5.74) is 0.881. The summed E-state index contributed by atoms with van der Waals surface area (Å²) in [7, 11) is 1.63. The van der Waals surface area contributed by atoms with Gasteiger partial charge in [-0.25, -0.2) is 0 Å². The molecule has 7 rings (SSSR count). The molecule has 5 aliphatic rings. The summed E-state index contributed by atoms with van der Waals surface area (Å²) in [6.07, 6.45) is 11.6. The van der Waals surface area contributed by atoms with Gasteiger partial charge in [0.15, 0.2) is 11.6 Å². The number of benzene rings is 2. The number of hydrogen-bond donors (Lipinski definition) is 2. The Morgan fingerprint density at radius 3 is 2.21 bits per heavy atom. The van der Waals surface area contributed by atoms with Gasteiger partial charge in [0, 0.05) is 17.4 Å². The molecule has 0 spiro atoms. The van der Waals surface area contributed by atoms with E-state index in [1.54, 1.807) is 31.4 Å². The number of hydrogen-bond acceptors (Lipinski definition) is 5. The second-order valence-corrected chi connectivity index (χ2v) is 19.1. The van der Waals surface area contributed by atoms with E-state index in [1.165, 1.54) is 0 Å². The highest BCUT2D eigenvalue weighted by atomic mass is 16.5. The molecule has 0 amide bonds. The van der Waals surface area contributed by atoms with Gasteiger partial charge in [0.25, 0.3) is 0 Å². The van der Waals surface area contributed by atoms with Crippen LogP contribution in [-0.4, -0.2) is 41.0 Å². The van der Waals surface area contributed by atoms with Gasteiger partial charge < -0.3 is 14.9 Å². The lowest BCUT2D eigenvalue weighted by molar-refractivity contribution is -0.203. The summed E-state index contributed by atoms with van der Waals surface area (Å²) >= 11 is 0. The molecule has 5 aliphatic carbocycles. The molecular formula is C46H58O6. The zero-order chi connectivity index (χ0) is 37.6. The van der Waals surface area contributed by atoms with Crippen LogP contribution < -0.4 is 4.74 Å². The summed E-state index contributed by atoms with van der Waals surface area (Å²) in [6.45, 7) is 15.7. The predicted molar refractivity (Wildman–Crippen MR) is 204 cm³/mol. The van der Waals surface area contributed by atoms with Crippen LogP contribution in [0.5, 0.6) is 5.75 Å². The molecule has 0 saturated heterocycles. The molecule has 52 heavy (non-hydrogen) atoms. The first-order chi connectivity index (χ1) is 24.4. The number of fused-ring (bicyclic) bond motifs is 7. The highest BCUT2D eigenvalue weighted by Crippen LogP contribution is 2.76. The Kier molecular flexibility index (Phi) is 8.69. The molecule has 6 heteroatoms. The van der Waals surface area contributed by atoms with E-state index in [2.05, 4.69) is 41.5 Å². The first-order valence-electron chi connectivity index (χ1n) is 19.5. The topological polar surface area (TPSA) is 101 Å². The van der Waals surface area contributed by atoms with E-state index < -0.39 is 17.3 Å². The summed E-state index contributed by atoms with van der Waals surface area (Å²) in [5.74, 6) is -0.715. The van der Waals surface area contributed by atoms with Crippen molar-refractivity contribution in [3.63, 3.8) is 0 Å². The van der Waals surface area contributed by atoms with Crippen molar-refractivity contribution in [2.24, 2.45) is 50.2 Å². The number of carboxylic acids is 1. The van der Waals surface area contributed by atoms with Crippen LogP contribution in [0.4, 0.5) is 0 Å². The number of allylic oxidation sites excluding steroid dienone is 3. The fraction of sp³-hybridized carbons (Fsp3) is 0.587. The Morgan fingerprint density at radius 1 is 0.846 bits per heavy atom. The molecule has 2 aromatic rings. The fourth-order valence-corrected chi connectivity index (χ4v) is 13.0. The molecule has 6 nitrogen and oxygen atoms in total. The van der Waals surface area contributed by atoms with Crippen LogP contribution in [0.2, 0.25) is 0 Å². The minimum absolute atomic E-state index is 0.102. The van der Waals surface area contributed by atoms with Gasteiger partial charge in [0.1, 0.15) is 5.75 Å². The number of aliphatic hydroxyl groups is 1. The van der Waals surface area contributed by atoms with E-state index in [0.717, 1.165) is 55.2 Å². The lowest BCUT2D eigenvalue weighted by Gasteiger charge is -2.71. The Bertz CT molecular complexity index is 1860. The Balaban J connectivity index is 1.38. The van der Waals surface area contributed by atoms with E-state index in [9.17, 15) is 19.8 Å². The highest BCUT2D eigenvalue weighted by molar-refractivity contribution is 6.06. The second kappa shape index (κ2) is 12.3. The summed E-state index contributed by atoms with van der Waals surface area (Å²) in [6, 6.07) is 15.0. The van der Waals surface area contributed by atoms with Crippen LogP contribution >= 0.6 is 0 Å². The lowest BCUT2D eigenvalue weighted by Crippen LogP contribution is -2.67. The van der Waals surface area contributed by atoms with Crippen molar-refractivity contribution in [1.82, 2.24) is 0 Å². The molecule has 0 heterocycles. The molecule has 0 bridgehead atoms. The van der Waals surface area contributed by atoms with Crippen LogP contribution in [0.15, 0.2) is 66.3 Å². The van der Waals surface area contributed by atoms with E-state index in [-0.39, 0.29) is 62.5 Å². The number of carbonyl (C=O) groups is 3. The van der Waals surface area contributed by atoms with E-state index >= 15 is 4.79 Å². The zero-order valence-electron chi connectivity index (χ0n) is 32.4.